The average Bonchev–Trinajstić information content (AvgIpc) is 0.897. The van der Waals surface area contributed by atoms with Crippen molar-refractivity contribution in [2.75, 3.05) is 39.6 Å². The molecule has 0 bridgehead atoms. The molecule has 666 valence electrons. The number of phosphoric acid groups is 2. The number of aliphatic hydroxyl groups is 1. The highest BCUT2D eigenvalue weighted by Crippen LogP contribution is 2.45. The van der Waals surface area contributed by atoms with Crippen molar-refractivity contribution in [2.24, 2.45) is 5.92 Å². The van der Waals surface area contributed by atoms with Crippen LogP contribution in [0.2, 0.25) is 0 Å². The molecular weight excluding hydrogens is 1450 g/mol. The number of aliphatic hydroxyl groups excluding tert-OH is 1. The lowest BCUT2D eigenvalue weighted by Gasteiger charge is -2.21. The van der Waals surface area contributed by atoms with E-state index in [1.165, 1.54) is 334 Å². The van der Waals surface area contributed by atoms with Crippen molar-refractivity contribution in [3.05, 3.63) is 0 Å². The van der Waals surface area contributed by atoms with E-state index < -0.39 is 97.5 Å². The Hall–Kier alpha value is -1.94. The van der Waals surface area contributed by atoms with Crippen molar-refractivity contribution in [1.82, 2.24) is 0 Å². The second kappa shape index (κ2) is 85.5. The molecule has 5 atom stereocenters. The monoisotopic (exact) mass is 1630 g/mol. The fraction of sp³-hybridized carbons (Fsp3) is 0.957. The van der Waals surface area contributed by atoms with Crippen LogP contribution < -0.4 is 0 Å². The van der Waals surface area contributed by atoms with E-state index in [2.05, 4.69) is 34.6 Å². The zero-order chi connectivity index (χ0) is 81.8. The number of phosphoric ester groups is 2. The second-order valence-corrected chi connectivity index (χ2v) is 36.8. The first-order valence-corrected chi connectivity index (χ1v) is 51.1. The fourth-order valence-corrected chi connectivity index (χ4v) is 16.3. The molecule has 0 aromatic carbocycles. The van der Waals surface area contributed by atoms with Gasteiger partial charge in [-0.2, -0.15) is 0 Å². The van der Waals surface area contributed by atoms with Gasteiger partial charge in [-0.05, 0) is 31.6 Å². The number of hydrogen-bond donors (Lipinski definition) is 3. The van der Waals surface area contributed by atoms with Crippen LogP contribution in [0.4, 0.5) is 0 Å². The molecule has 3 N–H and O–H groups in total. The molecule has 0 aromatic heterocycles. The molecule has 0 aliphatic rings. The molecule has 17 nitrogen and oxygen atoms in total. The van der Waals surface area contributed by atoms with Crippen LogP contribution in [-0.4, -0.2) is 96.7 Å². The zero-order valence-electron chi connectivity index (χ0n) is 73.8. The molecule has 0 aromatic rings. The Labute approximate surface area is 689 Å². The van der Waals surface area contributed by atoms with Gasteiger partial charge in [-0.3, -0.25) is 37.3 Å². The largest absolute Gasteiger partial charge is 0.472 e. The van der Waals surface area contributed by atoms with Crippen molar-refractivity contribution < 1.29 is 80.2 Å². The quantitative estimate of drug-likeness (QED) is 0.0222. The number of esters is 4. The molecular formula is C93H182O17P2. The van der Waals surface area contributed by atoms with Gasteiger partial charge in [0.15, 0.2) is 12.2 Å². The Balaban J connectivity index is 5.23. The second-order valence-electron chi connectivity index (χ2n) is 33.9. The summed E-state index contributed by atoms with van der Waals surface area (Å²) in [6.45, 7) is 7.42. The highest BCUT2D eigenvalue weighted by atomic mass is 31.2. The number of ether oxygens (including phenoxy) is 4. The Morgan fingerprint density at radius 3 is 0.607 bits per heavy atom. The molecule has 0 amide bonds. The molecule has 0 spiro atoms. The number of carbonyl (C=O) groups excluding carboxylic acids is 4. The highest BCUT2D eigenvalue weighted by Gasteiger charge is 2.31. The molecule has 0 saturated heterocycles. The van der Waals surface area contributed by atoms with Crippen molar-refractivity contribution in [3.8, 4) is 0 Å². The lowest BCUT2D eigenvalue weighted by atomic mass is 10.0. The summed E-state index contributed by atoms with van der Waals surface area (Å²) in [5.74, 6) is -1.30. The Morgan fingerprint density at radius 1 is 0.241 bits per heavy atom. The van der Waals surface area contributed by atoms with E-state index in [-0.39, 0.29) is 25.7 Å². The number of rotatable bonds is 93. The van der Waals surface area contributed by atoms with Crippen molar-refractivity contribution in [1.29, 1.82) is 0 Å². The molecule has 19 heteroatoms. The van der Waals surface area contributed by atoms with Gasteiger partial charge in [0.2, 0.25) is 0 Å². The van der Waals surface area contributed by atoms with Crippen LogP contribution in [0.25, 0.3) is 0 Å². The third kappa shape index (κ3) is 85.9. The van der Waals surface area contributed by atoms with Crippen molar-refractivity contribution in [3.63, 3.8) is 0 Å². The Kier molecular flexibility index (Phi) is 84.0. The molecule has 2 unspecified atom stereocenters. The topological polar surface area (TPSA) is 237 Å². The van der Waals surface area contributed by atoms with E-state index in [4.69, 9.17) is 37.0 Å². The van der Waals surface area contributed by atoms with Crippen LogP contribution >= 0.6 is 15.6 Å². The van der Waals surface area contributed by atoms with Crippen molar-refractivity contribution >= 4 is 39.5 Å². The minimum absolute atomic E-state index is 0.108. The molecule has 0 rings (SSSR count). The number of carbonyl (C=O) groups is 4. The van der Waals surface area contributed by atoms with Gasteiger partial charge in [-0.25, -0.2) is 9.13 Å². The average molecular weight is 1630 g/mol. The predicted molar refractivity (Wildman–Crippen MR) is 465 cm³/mol. The van der Waals surface area contributed by atoms with Crippen LogP contribution in [0.3, 0.4) is 0 Å². The van der Waals surface area contributed by atoms with E-state index in [9.17, 15) is 43.2 Å². The lowest BCUT2D eigenvalue weighted by Crippen LogP contribution is -2.30. The van der Waals surface area contributed by atoms with Gasteiger partial charge in [0.05, 0.1) is 26.4 Å². The molecule has 112 heavy (non-hydrogen) atoms. The van der Waals surface area contributed by atoms with Gasteiger partial charge in [0.25, 0.3) is 0 Å². The lowest BCUT2D eigenvalue weighted by molar-refractivity contribution is -0.161. The summed E-state index contributed by atoms with van der Waals surface area (Å²) < 4.78 is 69.1. The van der Waals surface area contributed by atoms with Gasteiger partial charge in [-0.15, -0.1) is 0 Å². The minimum Gasteiger partial charge on any atom is -0.462 e. The van der Waals surface area contributed by atoms with Gasteiger partial charge in [0, 0.05) is 25.7 Å². The van der Waals surface area contributed by atoms with E-state index in [1.807, 2.05) is 0 Å². The highest BCUT2D eigenvalue weighted by molar-refractivity contribution is 7.47. The molecule has 0 aliphatic carbocycles. The fourth-order valence-electron chi connectivity index (χ4n) is 14.7. The Bertz CT molecular complexity index is 2120. The summed E-state index contributed by atoms with van der Waals surface area (Å²) in [6.07, 6.45) is 82.1. The SMILES string of the molecule is CCCCCCCCCCCCCCCCCCCCCCCCC(=O)O[C@H](COC(=O)CCCCCCCCCCCCCCCCCCCCCCC)COP(=O)(O)OC[C@@H](O)COP(=O)(O)OC[C@@H](COC(=O)CCCCCCCCCCCCCC)OC(=O)CCCCCCCCCCCCCCCCC(C)C. The van der Waals surface area contributed by atoms with Gasteiger partial charge < -0.3 is 33.8 Å². The molecule has 0 fully saturated rings. The van der Waals surface area contributed by atoms with Gasteiger partial charge in [-0.1, -0.05) is 458 Å². The minimum atomic E-state index is -4.97. The molecule has 0 heterocycles. The first-order valence-electron chi connectivity index (χ1n) is 48.1. The standard InChI is InChI=1S/C93H182O17P2/c1-6-9-12-15-18-21-24-27-29-31-33-35-37-39-41-43-48-53-58-63-68-73-78-92(97)110-89(83-104-91(96)77-72-67-62-57-52-47-42-40-38-36-34-32-30-28-25-22-19-16-13-10-7-2)85-108-112(101,102)106-81-87(94)80-105-111(99,100)107-84-88(82-103-90(95)76-71-66-61-56-51-26-23-20-17-14-11-8-3)109-93(98)79-74-69-64-59-54-49-45-44-46-50-55-60-65-70-75-86(4)5/h86-89,94H,6-85H2,1-5H3,(H,99,100)(H,101,102)/t87-,88+,89+/m0/s1. The zero-order valence-corrected chi connectivity index (χ0v) is 75.6. The summed E-state index contributed by atoms with van der Waals surface area (Å²) >= 11 is 0. The van der Waals surface area contributed by atoms with Crippen molar-refractivity contribution in [2.45, 2.75) is 528 Å². The van der Waals surface area contributed by atoms with E-state index in [0.29, 0.717) is 25.7 Å². The van der Waals surface area contributed by atoms with Crippen LogP contribution in [0.15, 0.2) is 0 Å². The maximum Gasteiger partial charge on any atom is 0.472 e. The first-order chi connectivity index (χ1) is 54.5. The summed E-state index contributed by atoms with van der Waals surface area (Å²) in [5.41, 5.74) is 0. The van der Waals surface area contributed by atoms with Crippen LogP contribution in [0.1, 0.15) is 510 Å². The Morgan fingerprint density at radius 2 is 0.411 bits per heavy atom. The summed E-state index contributed by atoms with van der Waals surface area (Å²) in [6, 6.07) is 0. The van der Waals surface area contributed by atoms with Gasteiger partial charge in [0.1, 0.15) is 19.3 Å². The predicted octanol–water partition coefficient (Wildman–Crippen LogP) is 29.1. The molecule has 0 aliphatic heterocycles. The molecule has 0 saturated carbocycles. The van der Waals surface area contributed by atoms with E-state index >= 15 is 0 Å². The van der Waals surface area contributed by atoms with Crippen LogP contribution in [0.5, 0.6) is 0 Å². The number of unbranched alkanes of at least 4 members (excludes halogenated alkanes) is 65. The third-order valence-corrected chi connectivity index (χ3v) is 23.9. The third-order valence-electron chi connectivity index (χ3n) is 22.0. The van der Waals surface area contributed by atoms with Crippen LogP contribution in [0, 0.1) is 5.92 Å². The van der Waals surface area contributed by atoms with Crippen LogP contribution in [-0.2, 0) is 65.4 Å². The normalized spacial score (nSPS) is 13.7. The van der Waals surface area contributed by atoms with E-state index in [0.717, 1.165) is 95.8 Å². The summed E-state index contributed by atoms with van der Waals surface area (Å²) in [5, 5.41) is 10.7. The van der Waals surface area contributed by atoms with E-state index in [1.54, 1.807) is 0 Å². The maximum atomic E-state index is 13.2. The van der Waals surface area contributed by atoms with Gasteiger partial charge >= 0.3 is 39.5 Å². The first kappa shape index (κ1) is 110. The smallest absolute Gasteiger partial charge is 0.462 e. The molecule has 0 radical (unpaired) electrons. The number of hydrogen-bond acceptors (Lipinski definition) is 15. The summed E-state index contributed by atoms with van der Waals surface area (Å²) in [4.78, 5) is 73.5. The summed E-state index contributed by atoms with van der Waals surface area (Å²) in [7, 11) is -9.94. The maximum absolute atomic E-state index is 13.2.